The topological polar surface area (TPSA) is 105 Å². The number of amides is 1. The maximum absolute atomic E-state index is 12.3. The Morgan fingerprint density at radius 2 is 1.83 bits per heavy atom. The molecular weight excluding hydrogens is 416 g/mol. The molecule has 10 heteroatoms. The molecule has 1 amide bonds. The van der Waals surface area contributed by atoms with E-state index in [1.165, 1.54) is 0 Å². The van der Waals surface area contributed by atoms with Gasteiger partial charge in [-0.25, -0.2) is 8.42 Å². The zero-order chi connectivity index (χ0) is 20.9. The van der Waals surface area contributed by atoms with Crippen molar-refractivity contribution in [2.45, 2.75) is 13.1 Å². The summed E-state index contributed by atoms with van der Waals surface area (Å²) in [7, 11) is -3.57. The fraction of sp³-hybridized carbons (Fsp3) is 0.211. The first kappa shape index (κ1) is 21.0. The summed E-state index contributed by atoms with van der Waals surface area (Å²) in [5.41, 5.74) is 1.40. The molecule has 8 nitrogen and oxygen atoms in total. The molecule has 0 fully saturated rings. The summed E-state index contributed by atoms with van der Waals surface area (Å²) in [5, 5.41) is 6.93. The van der Waals surface area contributed by atoms with Crippen molar-refractivity contribution >= 4 is 27.5 Å². The summed E-state index contributed by atoms with van der Waals surface area (Å²) < 4.78 is 30.3. The molecule has 0 bridgehead atoms. The minimum absolute atomic E-state index is 0.0285. The fourth-order valence-corrected chi connectivity index (χ4v) is 3.50. The molecule has 29 heavy (non-hydrogen) atoms. The number of benzene rings is 2. The van der Waals surface area contributed by atoms with Gasteiger partial charge in [0, 0.05) is 12.1 Å². The van der Waals surface area contributed by atoms with Crippen LogP contribution in [0.4, 0.5) is 0 Å². The molecule has 0 saturated carbocycles. The predicted molar refractivity (Wildman–Crippen MR) is 108 cm³/mol. The number of hydrogen-bond donors (Lipinski definition) is 1. The van der Waals surface area contributed by atoms with Crippen LogP contribution in [0.25, 0.3) is 11.4 Å². The Kier molecular flexibility index (Phi) is 6.63. The fourth-order valence-electron chi connectivity index (χ4n) is 2.55. The standard InChI is InChI=1S/C19H19ClN4O4S/c1-29(26,27)24(12-14-7-3-2-4-8-14)13-17(25)21-11-18-22-19(23-28-18)15-9-5-6-10-16(15)20/h2-10H,11-13H2,1H3,(H,21,25). The van der Waals surface area contributed by atoms with Gasteiger partial charge in [0.2, 0.25) is 27.6 Å². The molecule has 0 radical (unpaired) electrons. The van der Waals surface area contributed by atoms with E-state index in [1.54, 1.807) is 36.4 Å². The summed E-state index contributed by atoms with van der Waals surface area (Å²) in [6.07, 6.45) is 1.07. The highest BCUT2D eigenvalue weighted by Gasteiger charge is 2.21. The highest BCUT2D eigenvalue weighted by Crippen LogP contribution is 2.24. The van der Waals surface area contributed by atoms with Gasteiger partial charge in [-0.3, -0.25) is 4.79 Å². The van der Waals surface area contributed by atoms with Crippen LogP contribution in [0.15, 0.2) is 59.1 Å². The smallest absolute Gasteiger partial charge is 0.246 e. The minimum atomic E-state index is -3.57. The first-order chi connectivity index (χ1) is 13.8. The molecule has 1 N–H and O–H groups in total. The number of nitrogens with zero attached hydrogens (tertiary/aromatic N) is 3. The first-order valence-corrected chi connectivity index (χ1v) is 10.9. The Morgan fingerprint density at radius 1 is 1.14 bits per heavy atom. The molecule has 0 atom stereocenters. The molecule has 2 aromatic carbocycles. The Labute approximate surface area is 173 Å². The van der Waals surface area contributed by atoms with E-state index in [9.17, 15) is 13.2 Å². The van der Waals surface area contributed by atoms with Crippen LogP contribution < -0.4 is 5.32 Å². The Balaban J connectivity index is 1.60. The van der Waals surface area contributed by atoms with Crippen LogP contribution in [0.1, 0.15) is 11.5 Å². The molecule has 3 rings (SSSR count). The van der Waals surface area contributed by atoms with Crippen molar-refractivity contribution in [1.29, 1.82) is 0 Å². The van der Waals surface area contributed by atoms with E-state index in [0.717, 1.165) is 16.1 Å². The maximum Gasteiger partial charge on any atom is 0.246 e. The number of aromatic nitrogens is 2. The van der Waals surface area contributed by atoms with Gasteiger partial charge >= 0.3 is 0 Å². The van der Waals surface area contributed by atoms with Gasteiger partial charge in [-0.1, -0.05) is 59.2 Å². The maximum atomic E-state index is 12.3. The number of sulfonamides is 1. The lowest BCUT2D eigenvalue weighted by Crippen LogP contribution is -2.39. The molecule has 3 aromatic rings. The van der Waals surface area contributed by atoms with Crippen LogP contribution in [0.3, 0.4) is 0 Å². The summed E-state index contributed by atoms with van der Waals surface area (Å²) in [5.74, 6) is 0.00720. The average Bonchev–Trinajstić information content (AvgIpc) is 3.15. The van der Waals surface area contributed by atoms with Crippen molar-refractivity contribution in [2.24, 2.45) is 0 Å². The van der Waals surface area contributed by atoms with Crippen molar-refractivity contribution in [3.63, 3.8) is 0 Å². The van der Waals surface area contributed by atoms with Crippen molar-refractivity contribution in [3.05, 3.63) is 71.1 Å². The van der Waals surface area contributed by atoms with Gasteiger partial charge in [0.25, 0.3) is 0 Å². The molecule has 1 heterocycles. The molecule has 0 aliphatic heterocycles. The third-order valence-electron chi connectivity index (χ3n) is 4.01. The summed E-state index contributed by atoms with van der Waals surface area (Å²) in [6, 6.07) is 16.1. The second-order valence-corrected chi connectivity index (χ2v) is 8.67. The second-order valence-electron chi connectivity index (χ2n) is 6.28. The zero-order valence-electron chi connectivity index (χ0n) is 15.6. The summed E-state index contributed by atoms with van der Waals surface area (Å²) >= 11 is 6.11. The number of halogens is 1. The molecule has 0 aliphatic rings. The van der Waals surface area contributed by atoms with Crippen molar-refractivity contribution in [2.75, 3.05) is 12.8 Å². The largest absolute Gasteiger partial charge is 0.346 e. The number of carbonyl (C=O) groups excluding carboxylic acids is 1. The quantitative estimate of drug-likeness (QED) is 0.583. The van der Waals surface area contributed by atoms with Crippen molar-refractivity contribution in [1.82, 2.24) is 19.8 Å². The number of rotatable bonds is 8. The van der Waals surface area contributed by atoms with Crippen LogP contribution in [-0.4, -0.2) is 41.6 Å². The van der Waals surface area contributed by atoms with Gasteiger partial charge in [-0.15, -0.1) is 0 Å². The third kappa shape index (κ3) is 5.86. The van der Waals surface area contributed by atoms with Crippen LogP contribution in [0, 0.1) is 0 Å². The predicted octanol–water partition coefficient (Wildman–Crippen LogP) is 2.47. The number of nitrogens with one attached hydrogen (secondary N) is 1. The van der Waals surface area contributed by atoms with E-state index in [4.69, 9.17) is 16.1 Å². The molecule has 152 valence electrons. The van der Waals surface area contributed by atoms with Crippen LogP contribution in [0.2, 0.25) is 5.02 Å². The van der Waals surface area contributed by atoms with E-state index >= 15 is 0 Å². The van der Waals surface area contributed by atoms with Crippen LogP contribution in [-0.2, 0) is 27.9 Å². The van der Waals surface area contributed by atoms with E-state index < -0.39 is 15.9 Å². The highest BCUT2D eigenvalue weighted by molar-refractivity contribution is 7.88. The molecule has 1 aromatic heterocycles. The van der Waals surface area contributed by atoms with Gasteiger partial charge in [0.05, 0.1) is 24.4 Å². The normalized spacial score (nSPS) is 11.6. The van der Waals surface area contributed by atoms with Crippen LogP contribution >= 0.6 is 11.6 Å². The Hall–Kier alpha value is -2.75. The van der Waals surface area contributed by atoms with Crippen LogP contribution in [0.5, 0.6) is 0 Å². The number of carbonyl (C=O) groups is 1. The molecule has 0 unspecified atom stereocenters. The summed E-state index contributed by atoms with van der Waals surface area (Å²) in [4.78, 5) is 16.5. The molecular formula is C19H19ClN4O4S. The van der Waals surface area contributed by atoms with Gasteiger partial charge in [-0.2, -0.15) is 9.29 Å². The zero-order valence-corrected chi connectivity index (χ0v) is 17.2. The molecule has 0 spiro atoms. The Bertz CT molecular complexity index is 1090. The van der Waals surface area contributed by atoms with E-state index in [-0.39, 0.29) is 25.5 Å². The van der Waals surface area contributed by atoms with Crippen molar-refractivity contribution in [3.8, 4) is 11.4 Å². The average molecular weight is 435 g/mol. The minimum Gasteiger partial charge on any atom is -0.346 e. The lowest BCUT2D eigenvalue weighted by atomic mass is 10.2. The lowest BCUT2D eigenvalue weighted by Gasteiger charge is -2.19. The van der Waals surface area contributed by atoms with E-state index in [2.05, 4.69) is 15.5 Å². The monoisotopic (exact) mass is 434 g/mol. The van der Waals surface area contributed by atoms with Gasteiger partial charge < -0.3 is 9.84 Å². The van der Waals surface area contributed by atoms with Gasteiger partial charge in [0.15, 0.2) is 0 Å². The molecule has 0 saturated heterocycles. The second kappa shape index (κ2) is 9.17. The third-order valence-corrected chi connectivity index (χ3v) is 5.54. The summed E-state index contributed by atoms with van der Waals surface area (Å²) in [6.45, 7) is -0.247. The lowest BCUT2D eigenvalue weighted by molar-refractivity contribution is -0.121. The Morgan fingerprint density at radius 3 is 2.52 bits per heavy atom. The van der Waals surface area contributed by atoms with Gasteiger partial charge in [0.1, 0.15) is 0 Å². The number of hydrogen-bond acceptors (Lipinski definition) is 6. The molecule has 0 aliphatic carbocycles. The van der Waals surface area contributed by atoms with E-state index in [1.807, 2.05) is 18.2 Å². The SMILES string of the molecule is CS(=O)(=O)N(CC(=O)NCc1nc(-c2ccccc2Cl)no1)Cc1ccccc1. The van der Waals surface area contributed by atoms with Gasteiger partial charge in [-0.05, 0) is 17.7 Å². The van der Waals surface area contributed by atoms with Crippen molar-refractivity contribution < 1.29 is 17.7 Å². The van der Waals surface area contributed by atoms with E-state index in [0.29, 0.717) is 16.4 Å². The highest BCUT2D eigenvalue weighted by atomic mass is 35.5. The first-order valence-electron chi connectivity index (χ1n) is 8.66.